The highest BCUT2D eigenvalue weighted by molar-refractivity contribution is 7.10. The summed E-state index contributed by atoms with van der Waals surface area (Å²) in [6.07, 6.45) is 8.81. The molecule has 0 bridgehead atoms. The lowest BCUT2D eigenvalue weighted by molar-refractivity contribution is -0.122. The van der Waals surface area contributed by atoms with Gasteiger partial charge in [0.05, 0.1) is 5.54 Å². The smallest absolute Gasteiger partial charge is 0.224 e. The summed E-state index contributed by atoms with van der Waals surface area (Å²) in [4.78, 5) is 28.4. The van der Waals surface area contributed by atoms with Crippen molar-refractivity contribution in [1.82, 2.24) is 10.2 Å². The number of nitrogens with zero attached hydrogens (tertiary/aromatic N) is 1. The number of nitrogens with one attached hydrogen (secondary N) is 2. The number of hydrogen-bond acceptors (Lipinski definition) is 4. The van der Waals surface area contributed by atoms with Gasteiger partial charge in [-0.2, -0.15) is 0 Å². The molecule has 3 rings (SSSR count). The molecule has 0 unspecified atom stereocenters. The third-order valence-electron chi connectivity index (χ3n) is 6.88. The van der Waals surface area contributed by atoms with Gasteiger partial charge in [-0.3, -0.25) is 14.5 Å². The van der Waals surface area contributed by atoms with E-state index in [2.05, 4.69) is 66.2 Å². The minimum absolute atomic E-state index is 0.0338. The minimum atomic E-state index is -0.0338. The van der Waals surface area contributed by atoms with Crippen LogP contribution in [-0.4, -0.2) is 36.9 Å². The number of aryl methyl sites for hydroxylation is 1. The van der Waals surface area contributed by atoms with E-state index >= 15 is 0 Å². The predicted octanol–water partition coefficient (Wildman–Crippen LogP) is 5.72. The molecule has 1 heterocycles. The Morgan fingerprint density at radius 1 is 1.03 bits per heavy atom. The van der Waals surface area contributed by atoms with Crippen LogP contribution in [0.5, 0.6) is 0 Å². The van der Waals surface area contributed by atoms with Gasteiger partial charge in [-0.1, -0.05) is 31.5 Å². The zero-order valence-electron chi connectivity index (χ0n) is 20.4. The number of rotatable bonds is 11. The van der Waals surface area contributed by atoms with Crippen LogP contribution in [0.4, 0.5) is 5.69 Å². The van der Waals surface area contributed by atoms with Crippen LogP contribution in [0.3, 0.4) is 0 Å². The lowest BCUT2D eigenvalue weighted by Crippen LogP contribution is -2.48. The Morgan fingerprint density at radius 3 is 2.33 bits per heavy atom. The molecule has 2 N–H and O–H groups in total. The molecule has 0 aliphatic heterocycles. The molecular formula is C27H39N3O2S. The molecule has 0 atom stereocenters. The molecule has 180 valence electrons. The number of amides is 2. The number of hydrogen-bond donors (Lipinski definition) is 2. The van der Waals surface area contributed by atoms with Crippen molar-refractivity contribution < 1.29 is 9.59 Å². The van der Waals surface area contributed by atoms with E-state index in [0.29, 0.717) is 19.3 Å². The summed E-state index contributed by atoms with van der Waals surface area (Å²) in [5, 5.41) is 8.29. The van der Waals surface area contributed by atoms with Gasteiger partial charge in [0, 0.05) is 29.4 Å². The molecule has 2 aromatic rings. The fraction of sp³-hybridized carbons (Fsp3) is 0.556. The first-order valence-electron chi connectivity index (χ1n) is 12.3. The highest BCUT2D eigenvalue weighted by atomic mass is 32.1. The summed E-state index contributed by atoms with van der Waals surface area (Å²) >= 11 is 1.82. The van der Waals surface area contributed by atoms with Crippen LogP contribution in [0.25, 0.3) is 0 Å². The quantitative estimate of drug-likeness (QED) is 0.443. The first kappa shape index (κ1) is 25.4. The maximum atomic E-state index is 12.4. The Balaban J connectivity index is 1.36. The molecule has 0 radical (unpaired) electrons. The molecule has 0 saturated heterocycles. The summed E-state index contributed by atoms with van der Waals surface area (Å²) in [5.74, 6) is 0.0232. The van der Waals surface area contributed by atoms with Gasteiger partial charge in [0.15, 0.2) is 0 Å². The van der Waals surface area contributed by atoms with E-state index < -0.39 is 0 Å². The van der Waals surface area contributed by atoms with Gasteiger partial charge in [-0.15, -0.1) is 11.3 Å². The van der Waals surface area contributed by atoms with Gasteiger partial charge >= 0.3 is 0 Å². The Bertz CT molecular complexity index is 869. The highest BCUT2D eigenvalue weighted by Crippen LogP contribution is 2.43. The summed E-state index contributed by atoms with van der Waals surface area (Å²) in [6.45, 7) is 2.19. The molecule has 2 amide bonds. The lowest BCUT2D eigenvalue weighted by Gasteiger charge is -2.44. The third-order valence-corrected chi connectivity index (χ3v) is 7.94. The number of thiophene rings is 1. The van der Waals surface area contributed by atoms with Crippen molar-refractivity contribution in [3.63, 3.8) is 0 Å². The number of benzene rings is 1. The second kappa shape index (κ2) is 12.3. The SMILES string of the molecule is CCCCc1ccc(NC(=O)CCCC(=O)NC2CCC(c3cccs3)(N(C)C)CC2)cc1. The second-order valence-corrected chi connectivity index (χ2v) is 10.4. The van der Waals surface area contributed by atoms with Crippen molar-refractivity contribution in [2.24, 2.45) is 0 Å². The van der Waals surface area contributed by atoms with Crippen molar-refractivity contribution in [2.75, 3.05) is 19.4 Å². The number of anilines is 1. The maximum absolute atomic E-state index is 12.4. The monoisotopic (exact) mass is 469 g/mol. The molecule has 1 aliphatic rings. The molecule has 1 aromatic heterocycles. The summed E-state index contributed by atoms with van der Waals surface area (Å²) in [5.41, 5.74) is 2.20. The van der Waals surface area contributed by atoms with E-state index in [1.807, 2.05) is 23.5 Å². The van der Waals surface area contributed by atoms with Gasteiger partial charge in [0.1, 0.15) is 0 Å². The van der Waals surface area contributed by atoms with Crippen molar-refractivity contribution in [2.45, 2.75) is 82.7 Å². The Morgan fingerprint density at radius 2 is 1.73 bits per heavy atom. The standard InChI is InChI=1S/C27H39N3O2S/c1-4-5-8-21-12-14-22(15-13-21)28-25(31)10-6-11-26(32)29-23-16-18-27(19-17-23,30(2)3)24-9-7-20-33-24/h7,9,12-15,20,23H,4-6,8,10-11,16-19H2,1-3H3,(H,28,31)(H,29,32). The highest BCUT2D eigenvalue weighted by Gasteiger charge is 2.39. The van der Waals surface area contributed by atoms with E-state index in [4.69, 9.17) is 0 Å². The van der Waals surface area contributed by atoms with Gasteiger partial charge < -0.3 is 10.6 Å². The average molecular weight is 470 g/mol. The molecule has 0 spiro atoms. The first-order valence-corrected chi connectivity index (χ1v) is 13.2. The minimum Gasteiger partial charge on any atom is -0.353 e. The lowest BCUT2D eigenvalue weighted by atomic mass is 9.77. The van der Waals surface area contributed by atoms with E-state index in [-0.39, 0.29) is 23.4 Å². The Hall–Kier alpha value is -2.18. The molecule has 5 nitrogen and oxygen atoms in total. The fourth-order valence-electron chi connectivity index (χ4n) is 4.77. The topological polar surface area (TPSA) is 61.4 Å². The van der Waals surface area contributed by atoms with Crippen LogP contribution in [-0.2, 0) is 21.5 Å². The third kappa shape index (κ3) is 7.15. The molecule has 1 fully saturated rings. The van der Waals surface area contributed by atoms with E-state index in [1.54, 1.807) is 0 Å². The fourth-order valence-corrected chi connectivity index (χ4v) is 5.83. The van der Waals surface area contributed by atoms with E-state index in [0.717, 1.165) is 37.8 Å². The number of carbonyl (C=O) groups excluding carboxylic acids is 2. The Kier molecular flexibility index (Phi) is 9.51. The zero-order valence-corrected chi connectivity index (χ0v) is 21.2. The van der Waals surface area contributed by atoms with Crippen molar-refractivity contribution >= 4 is 28.8 Å². The van der Waals surface area contributed by atoms with Crippen molar-refractivity contribution in [1.29, 1.82) is 0 Å². The molecular weight excluding hydrogens is 430 g/mol. The van der Waals surface area contributed by atoms with Gasteiger partial charge in [-0.25, -0.2) is 0 Å². The van der Waals surface area contributed by atoms with E-state index in [1.165, 1.54) is 23.3 Å². The predicted molar refractivity (Wildman–Crippen MR) is 138 cm³/mol. The summed E-state index contributed by atoms with van der Waals surface area (Å²) in [6, 6.07) is 12.7. The van der Waals surface area contributed by atoms with Crippen LogP contribution >= 0.6 is 11.3 Å². The number of unbranched alkanes of at least 4 members (excludes halogenated alkanes) is 1. The van der Waals surface area contributed by atoms with Crippen LogP contribution in [0.2, 0.25) is 0 Å². The van der Waals surface area contributed by atoms with Gasteiger partial charge in [-0.05, 0) is 88.2 Å². The molecule has 33 heavy (non-hydrogen) atoms. The normalized spacial score (nSPS) is 20.5. The molecule has 1 saturated carbocycles. The van der Waals surface area contributed by atoms with Crippen molar-refractivity contribution in [3.05, 3.63) is 52.2 Å². The molecule has 6 heteroatoms. The second-order valence-electron chi connectivity index (χ2n) is 9.45. The molecule has 1 aromatic carbocycles. The molecule has 1 aliphatic carbocycles. The summed E-state index contributed by atoms with van der Waals surface area (Å²) in [7, 11) is 4.31. The van der Waals surface area contributed by atoms with Crippen LogP contribution < -0.4 is 10.6 Å². The van der Waals surface area contributed by atoms with Crippen LogP contribution in [0.15, 0.2) is 41.8 Å². The number of carbonyl (C=O) groups is 2. The average Bonchev–Trinajstić information content (AvgIpc) is 3.34. The maximum Gasteiger partial charge on any atom is 0.224 e. The van der Waals surface area contributed by atoms with E-state index in [9.17, 15) is 9.59 Å². The van der Waals surface area contributed by atoms with Gasteiger partial charge in [0.2, 0.25) is 11.8 Å². The van der Waals surface area contributed by atoms with Gasteiger partial charge in [0.25, 0.3) is 0 Å². The van der Waals surface area contributed by atoms with Crippen molar-refractivity contribution in [3.8, 4) is 0 Å². The van der Waals surface area contributed by atoms with Crippen LogP contribution in [0.1, 0.15) is 75.2 Å². The first-order chi connectivity index (χ1) is 15.9. The summed E-state index contributed by atoms with van der Waals surface area (Å²) < 4.78 is 0. The Labute approximate surface area is 203 Å². The van der Waals surface area contributed by atoms with Crippen LogP contribution in [0, 0.1) is 0 Å². The zero-order chi connectivity index (χ0) is 23.7. The largest absolute Gasteiger partial charge is 0.353 e.